The molecule has 104 valence electrons. The maximum Gasteiger partial charge on any atom is 0.234 e. The average Bonchev–Trinajstić information content (AvgIpc) is 3.03. The first-order valence-corrected chi connectivity index (χ1v) is 7.22. The summed E-state index contributed by atoms with van der Waals surface area (Å²) in [5, 5.41) is 5.07. The molecule has 0 atom stereocenters. The molecule has 4 nitrogen and oxygen atoms in total. The second-order valence-electron chi connectivity index (χ2n) is 4.78. The molecular formula is C14H15FN4S. The minimum Gasteiger partial charge on any atom is -0.370 e. The van der Waals surface area contributed by atoms with Crippen molar-refractivity contribution in [2.24, 2.45) is 0 Å². The predicted octanol–water partition coefficient (Wildman–Crippen LogP) is 3.23. The van der Waals surface area contributed by atoms with Crippen molar-refractivity contribution in [1.29, 1.82) is 0 Å². The quantitative estimate of drug-likeness (QED) is 0.742. The molecule has 3 heterocycles. The van der Waals surface area contributed by atoms with E-state index >= 15 is 0 Å². The summed E-state index contributed by atoms with van der Waals surface area (Å²) in [6.07, 6.45) is 2.38. The number of nitrogens with zero attached hydrogens (tertiary/aromatic N) is 4. The smallest absolute Gasteiger partial charge is 0.234 e. The minimum atomic E-state index is -0.427. The lowest BCUT2D eigenvalue weighted by atomic mass is 10.2. The highest BCUT2D eigenvalue weighted by atomic mass is 32.1. The van der Waals surface area contributed by atoms with E-state index in [9.17, 15) is 4.39 Å². The third-order valence-electron chi connectivity index (χ3n) is 3.14. The maximum atomic E-state index is 13.7. The van der Waals surface area contributed by atoms with Crippen LogP contribution in [0.1, 0.15) is 12.5 Å². The lowest BCUT2D eigenvalue weighted by Crippen LogP contribution is -2.05. The van der Waals surface area contributed by atoms with Gasteiger partial charge in [0.15, 0.2) is 5.65 Å². The second kappa shape index (κ2) is 4.86. The summed E-state index contributed by atoms with van der Waals surface area (Å²) >= 11 is 1.65. The van der Waals surface area contributed by atoms with Crippen LogP contribution in [-0.2, 0) is 6.42 Å². The number of aromatic nitrogens is 3. The van der Waals surface area contributed by atoms with E-state index in [-0.39, 0.29) is 0 Å². The molecule has 3 rings (SSSR count). The van der Waals surface area contributed by atoms with Crippen LogP contribution < -0.4 is 4.90 Å². The standard InChI is InChI=1S/C14H15FN4S/c1-4-9-7-12-16-10(8-19(12)17-14(9)15)11-5-6-13(20-11)18(2)3/h5-8H,4H2,1-3H3. The molecular weight excluding hydrogens is 275 g/mol. The Morgan fingerprint density at radius 1 is 1.35 bits per heavy atom. The molecule has 0 aliphatic heterocycles. The van der Waals surface area contributed by atoms with Gasteiger partial charge in [0.2, 0.25) is 5.95 Å². The predicted molar refractivity (Wildman–Crippen MR) is 80.0 cm³/mol. The molecule has 3 aromatic heterocycles. The van der Waals surface area contributed by atoms with Crippen LogP contribution in [0, 0.1) is 5.95 Å². The Balaban J connectivity index is 2.07. The number of imidazole rings is 1. The number of rotatable bonds is 3. The van der Waals surface area contributed by atoms with Gasteiger partial charge in [-0.3, -0.25) is 0 Å². The third-order valence-corrected chi connectivity index (χ3v) is 4.42. The maximum absolute atomic E-state index is 13.7. The molecule has 0 aliphatic carbocycles. The zero-order valence-electron chi connectivity index (χ0n) is 11.6. The molecule has 6 heteroatoms. The van der Waals surface area contributed by atoms with Crippen LogP contribution >= 0.6 is 11.3 Å². The van der Waals surface area contributed by atoms with Gasteiger partial charge >= 0.3 is 0 Å². The fraction of sp³-hybridized carbons (Fsp3) is 0.286. The molecule has 0 fully saturated rings. The van der Waals surface area contributed by atoms with Gasteiger partial charge in [-0.2, -0.15) is 4.39 Å². The molecule has 0 spiro atoms. The summed E-state index contributed by atoms with van der Waals surface area (Å²) in [7, 11) is 4.01. The van der Waals surface area contributed by atoms with Gasteiger partial charge in [-0.25, -0.2) is 9.50 Å². The zero-order valence-corrected chi connectivity index (χ0v) is 12.4. The number of hydrogen-bond donors (Lipinski definition) is 0. The lowest BCUT2D eigenvalue weighted by Gasteiger charge is -2.06. The van der Waals surface area contributed by atoms with Crippen molar-refractivity contribution in [3.8, 4) is 10.6 Å². The van der Waals surface area contributed by atoms with Crippen LogP contribution in [0.15, 0.2) is 24.4 Å². The van der Waals surface area contributed by atoms with Crippen molar-refractivity contribution in [3.63, 3.8) is 0 Å². The largest absolute Gasteiger partial charge is 0.370 e. The number of aryl methyl sites for hydroxylation is 1. The Labute approximate surface area is 120 Å². The molecule has 0 aromatic carbocycles. The third kappa shape index (κ3) is 2.16. The number of thiophene rings is 1. The van der Waals surface area contributed by atoms with Gasteiger partial charge in [-0.15, -0.1) is 16.4 Å². The van der Waals surface area contributed by atoms with E-state index in [1.54, 1.807) is 23.6 Å². The summed E-state index contributed by atoms with van der Waals surface area (Å²) in [4.78, 5) is 7.64. The van der Waals surface area contributed by atoms with Gasteiger partial charge in [0.25, 0.3) is 0 Å². The Morgan fingerprint density at radius 3 is 2.80 bits per heavy atom. The zero-order chi connectivity index (χ0) is 14.3. The highest BCUT2D eigenvalue weighted by Gasteiger charge is 2.11. The fourth-order valence-electron chi connectivity index (χ4n) is 2.01. The molecule has 0 bridgehead atoms. The average molecular weight is 290 g/mol. The van der Waals surface area contributed by atoms with E-state index in [0.29, 0.717) is 17.6 Å². The SMILES string of the molecule is CCc1cc2nc(-c3ccc(N(C)C)s3)cn2nc1F. The summed E-state index contributed by atoms with van der Waals surface area (Å²) < 4.78 is 15.2. The van der Waals surface area contributed by atoms with Crippen molar-refractivity contribution in [2.75, 3.05) is 19.0 Å². The normalized spacial score (nSPS) is 11.2. The van der Waals surface area contributed by atoms with Crippen molar-refractivity contribution in [2.45, 2.75) is 13.3 Å². The number of fused-ring (bicyclic) bond motifs is 1. The highest BCUT2D eigenvalue weighted by molar-refractivity contribution is 7.19. The van der Waals surface area contributed by atoms with E-state index in [2.05, 4.69) is 21.0 Å². The van der Waals surface area contributed by atoms with Crippen LogP contribution in [0.2, 0.25) is 0 Å². The van der Waals surface area contributed by atoms with Gasteiger partial charge < -0.3 is 4.90 Å². The molecule has 0 N–H and O–H groups in total. The van der Waals surface area contributed by atoms with Gasteiger partial charge in [-0.1, -0.05) is 6.92 Å². The Kier molecular flexibility index (Phi) is 3.17. The number of anilines is 1. The Bertz CT molecular complexity index is 760. The van der Waals surface area contributed by atoms with Crippen molar-refractivity contribution in [1.82, 2.24) is 14.6 Å². The summed E-state index contributed by atoms with van der Waals surface area (Å²) in [5.74, 6) is -0.427. The minimum absolute atomic E-state index is 0.427. The molecule has 0 amide bonds. The van der Waals surface area contributed by atoms with Gasteiger partial charge in [0.1, 0.15) is 5.69 Å². The second-order valence-corrected chi connectivity index (χ2v) is 5.84. The first-order chi connectivity index (χ1) is 9.58. The van der Waals surface area contributed by atoms with E-state index in [1.807, 2.05) is 27.1 Å². The molecule has 0 radical (unpaired) electrons. The van der Waals surface area contributed by atoms with E-state index < -0.39 is 5.95 Å². The Morgan fingerprint density at radius 2 is 2.15 bits per heavy atom. The van der Waals surface area contributed by atoms with Crippen LogP contribution in [0.3, 0.4) is 0 Å². The summed E-state index contributed by atoms with van der Waals surface area (Å²) in [6.45, 7) is 1.91. The fourth-order valence-corrected chi connectivity index (χ4v) is 2.89. The van der Waals surface area contributed by atoms with Gasteiger partial charge in [-0.05, 0) is 24.6 Å². The summed E-state index contributed by atoms with van der Waals surface area (Å²) in [6, 6.07) is 5.83. The molecule has 0 unspecified atom stereocenters. The molecule has 0 saturated carbocycles. The van der Waals surface area contributed by atoms with E-state index in [0.717, 1.165) is 15.6 Å². The van der Waals surface area contributed by atoms with Crippen LogP contribution in [0.4, 0.5) is 9.39 Å². The monoisotopic (exact) mass is 290 g/mol. The van der Waals surface area contributed by atoms with E-state index in [1.165, 1.54) is 4.52 Å². The van der Waals surface area contributed by atoms with Gasteiger partial charge in [0, 0.05) is 19.7 Å². The topological polar surface area (TPSA) is 33.4 Å². The Hall–Kier alpha value is -1.95. The highest BCUT2D eigenvalue weighted by Crippen LogP contribution is 2.32. The van der Waals surface area contributed by atoms with Crippen molar-refractivity contribution < 1.29 is 4.39 Å². The summed E-state index contributed by atoms with van der Waals surface area (Å²) in [5.41, 5.74) is 2.09. The molecule has 0 aliphatic rings. The van der Waals surface area contributed by atoms with Crippen LogP contribution in [0.5, 0.6) is 0 Å². The number of halogens is 1. The van der Waals surface area contributed by atoms with Crippen molar-refractivity contribution >= 4 is 22.0 Å². The first kappa shape index (κ1) is 13.1. The first-order valence-electron chi connectivity index (χ1n) is 6.41. The molecule has 20 heavy (non-hydrogen) atoms. The molecule has 3 aromatic rings. The number of hydrogen-bond acceptors (Lipinski definition) is 4. The van der Waals surface area contributed by atoms with E-state index in [4.69, 9.17) is 0 Å². The van der Waals surface area contributed by atoms with Crippen LogP contribution in [-0.4, -0.2) is 28.7 Å². The van der Waals surface area contributed by atoms with Gasteiger partial charge in [0.05, 0.1) is 16.1 Å². The van der Waals surface area contributed by atoms with Crippen LogP contribution in [0.25, 0.3) is 16.2 Å². The molecule has 0 saturated heterocycles. The lowest BCUT2D eigenvalue weighted by molar-refractivity contribution is 0.541. The van der Waals surface area contributed by atoms with Crippen molar-refractivity contribution in [3.05, 3.63) is 35.9 Å².